The monoisotopic (exact) mass is 273 g/mol. The van der Waals surface area contributed by atoms with Crippen molar-refractivity contribution in [2.75, 3.05) is 11.1 Å². The molecule has 0 aliphatic heterocycles. The van der Waals surface area contributed by atoms with E-state index in [0.29, 0.717) is 17.8 Å². The zero-order chi connectivity index (χ0) is 13.9. The molecule has 0 bridgehead atoms. The van der Waals surface area contributed by atoms with Crippen LogP contribution >= 0.6 is 0 Å². The minimum atomic E-state index is -0.292. The number of rotatable bonds is 3. The van der Waals surface area contributed by atoms with E-state index in [1.54, 1.807) is 12.1 Å². The number of aromatic nitrogens is 3. The fraction of sp³-hybridized carbons (Fsp3) is 0.357. The quantitative estimate of drug-likeness (QED) is 0.899. The summed E-state index contributed by atoms with van der Waals surface area (Å²) in [7, 11) is 0. The van der Waals surface area contributed by atoms with Crippen LogP contribution < -0.4 is 11.1 Å². The first kappa shape index (κ1) is 12.8. The highest BCUT2D eigenvalue weighted by molar-refractivity contribution is 5.57. The van der Waals surface area contributed by atoms with Gasteiger partial charge in [-0.15, -0.1) is 0 Å². The van der Waals surface area contributed by atoms with Crippen LogP contribution in [0.2, 0.25) is 0 Å². The molecule has 1 aliphatic rings. The highest BCUT2D eigenvalue weighted by Gasteiger charge is 2.16. The molecule has 1 fully saturated rings. The van der Waals surface area contributed by atoms with Crippen LogP contribution in [0.25, 0.3) is 11.4 Å². The molecular formula is C14H16FN5. The Kier molecular flexibility index (Phi) is 3.45. The second-order valence-corrected chi connectivity index (χ2v) is 4.97. The molecule has 1 aromatic carbocycles. The fourth-order valence-corrected chi connectivity index (χ4v) is 2.44. The smallest absolute Gasteiger partial charge is 0.228 e. The summed E-state index contributed by atoms with van der Waals surface area (Å²) in [5, 5.41) is 3.29. The number of benzene rings is 1. The average Bonchev–Trinajstić information content (AvgIpc) is 2.91. The summed E-state index contributed by atoms with van der Waals surface area (Å²) in [5.41, 5.74) is 6.44. The van der Waals surface area contributed by atoms with Gasteiger partial charge < -0.3 is 11.1 Å². The van der Waals surface area contributed by atoms with Crippen LogP contribution in [0.1, 0.15) is 25.7 Å². The number of nitrogens with two attached hydrogens (primary N) is 1. The van der Waals surface area contributed by atoms with Crippen molar-refractivity contribution in [1.29, 1.82) is 0 Å². The Morgan fingerprint density at radius 2 is 1.75 bits per heavy atom. The largest absolute Gasteiger partial charge is 0.368 e. The topological polar surface area (TPSA) is 76.7 Å². The van der Waals surface area contributed by atoms with Crippen LogP contribution in [0, 0.1) is 5.82 Å². The first-order valence-electron chi connectivity index (χ1n) is 6.75. The van der Waals surface area contributed by atoms with E-state index in [2.05, 4.69) is 20.3 Å². The Morgan fingerprint density at radius 1 is 1.05 bits per heavy atom. The van der Waals surface area contributed by atoms with E-state index in [1.807, 2.05) is 0 Å². The Hall–Kier alpha value is -2.24. The second-order valence-electron chi connectivity index (χ2n) is 4.97. The first-order valence-corrected chi connectivity index (χ1v) is 6.75. The molecule has 20 heavy (non-hydrogen) atoms. The van der Waals surface area contributed by atoms with Crippen molar-refractivity contribution in [1.82, 2.24) is 15.0 Å². The van der Waals surface area contributed by atoms with Gasteiger partial charge in [0.2, 0.25) is 11.9 Å². The van der Waals surface area contributed by atoms with Crippen LogP contribution in [0.5, 0.6) is 0 Å². The lowest BCUT2D eigenvalue weighted by atomic mass is 10.2. The van der Waals surface area contributed by atoms with Crippen molar-refractivity contribution in [3.8, 4) is 11.4 Å². The molecule has 0 atom stereocenters. The molecule has 0 amide bonds. The molecule has 0 radical (unpaired) electrons. The van der Waals surface area contributed by atoms with E-state index < -0.39 is 0 Å². The van der Waals surface area contributed by atoms with Crippen LogP contribution in [0.15, 0.2) is 24.3 Å². The lowest BCUT2D eigenvalue weighted by Gasteiger charge is -2.12. The summed E-state index contributed by atoms with van der Waals surface area (Å²) in [6, 6.07) is 6.41. The maximum Gasteiger partial charge on any atom is 0.228 e. The van der Waals surface area contributed by atoms with Crippen molar-refractivity contribution < 1.29 is 4.39 Å². The predicted octanol–water partition coefficient (Wildman–Crippen LogP) is 2.61. The molecule has 0 saturated heterocycles. The van der Waals surface area contributed by atoms with Crippen molar-refractivity contribution in [2.45, 2.75) is 31.7 Å². The number of hydrogen-bond donors (Lipinski definition) is 2. The molecule has 0 spiro atoms. The van der Waals surface area contributed by atoms with E-state index in [1.165, 1.54) is 25.0 Å². The van der Waals surface area contributed by atoms with Crippen molar-refractivity contribution in [3.63, 3.8) is 0 Å². The highest BCUT2D eigenvalue weighted by Crippen LogP contribution is 2.22. The lowest BCUT2D eigenvalue weighted by Crippen LogP contribution is -2.17. The SMILES string of the molecule is Nc1nc(NC2CCCC2)nc(-c2ccc(F)cc2)n1. The van der Waals surface area contributed by atoms with Gasteiger partial charge in [0.1, 0.15) is 5.82 Å². The third-order valence-corrected chi connectivity index (χ3v) is 3.44. The number of nitrogen functional groups attached to an aromatic ring is 1. The van der Waals surface area contributed by atoms with Crippen LogP contribution in [-0.2, 0) is 0 Å². The molecule has 1 aliphatic carbocycles. The van der Waals surface area contributed by atoms with Crippen LogP contribution in [0.3, 0.4) is 0 Å². The van der Waals surface area contributed by atoms with Crippen LogP contribution in [0.4, 0.5) is 16.3 Å². The molecule has 1 heterocycles. The molecular weight excluding hydrogens is 257 g/mol. The van der Waals surface area contributed by atoms with Gasteiger partial charge in [-0.2, -0.15) is 15.0 Å². The zero-order valence-electron chi connectivity index (χ0n) is 11.0. The van der Waals surface area contributed by atoms with Gasteiger partial charge in [0, 0.05) is 11.6 Å². The van der Waals surface area contributed by atoms with Crippen molar-refractivity contribution >= 4 is 11.9 Å². The van der Waals surface area contributed by atoms with E-state index in [9.17, 15) is 4.39 Å². The lowest BCUT2D eigenvalue weighted by molar-refractivity contribution is 0.628. The van der Waals surface area contributed by atoms with E-state index in [-0.39, 0.29) is 11.8 Å². The van der Waals surface area contributed by atoms with Gasteiger partial charge in [0.25, 0.3) is 0 Å². The molecule has 104 valence electrons. The van der Waals surface area contributed by atoms with Gasteiger partial charge in [-0.1, -0.05) is 12.8 Å². The maximum absolute atomic E-state index is 12.9. The number of halogens is 1. The molecule has 1 aromatic heterocycles. The number of anilines is 2. The van der Waals surface area contributed by atoms with Crippen molar-refractivity contribution in [2.24, 2.45) is 0 Å². The Labute approximate surface area is 116 Å². The van der Waals surface area contributed by atoms with E-state index >= 15 is 0 Å². The normalized spacial score (nSPS) is 15.4. The zero-order valence-corrected chi connectivity index (χ0v) is 11.0. The Morgan fingerprint density at radius 3 is 2.45 bits per heavy atom. The summed E-state index contributed by atoms with van der Waals surface area (Å²) >= 11 is 0. The van der Waals surface area contributed by atoms with Crippen molar-refractivity contribution in [3.05, 3.63) is 30.1 Å². The Bertz CT molecular complexity index is 593. The third-order valence-electron chi connectivity index (χ3n) is 3.44. The van der Waals surface area contributed by atoms with Gasteiger partial charge in [0.05, 0.1) is 0 Å². The second kappa shape index (κ2) is 5.40. The molecule has 0 unspecified atom stereocenters. The van der Waals surface area contributed by atoms with Gasteiger partial charge >= 0.3 is 0 Å². The standard InChI is InChI=1S/C14H16FN5/c15-10-7-5-9(6-8-10)12-18-13(16)20-14(19-12)17-11-3-1-2-4-11/h5-8,11H,1-4H2,(H3,16,17,18,19,20). The predicted molar refractivity (Wildman–Crippen MR) is 75.5 cm³/mol. The molecule has 6 heteroatoms. The minimum Gasteiger partial charge on any atom is -0.368 e. The number of hydrogen-bond acceptors (Lipinski definition) is 5. The van der Waals surface area contributed by atoms with Gasteiger partial charge in [-0.3, -0.25) is 0 Å². The van der Waals surface area contributed by atoms with Gasteiger partial charge in [-0.25, -0.2) is 4.39 Å². The van der Waals surface area contributed by atoms with E-state index in [4.69, 9.17) is 5.73 Å². The maximum atomic E-state index is 12.9. The molecule has 2 aromatic rings. The first-order chi connectivity index (χ1) is 9.70. The van der Waals surface area contributed by atoms with Crippen LogP contribution in [-0.4, -0.2) is 21.0 Å². The summed E-state index contributed by atoms with van der Waals surface area (Å²) < 4.78 is 12.9. The summed E-state index contributed by atoms with van der Waals surface area (Å²) in [6.45, 7) is 0. The summed E-state index contributed by atoms with van der Waals surface area (Å²) in [5.74, 6) is 0.821. The fourth-order valence-electron chi connectivity index (χ4n) is 2.44. The molecule has 1 saturated carbocycles. The van der Waals surface area contributed by atoms with E-state index in [0.717, 1.165) is 18.4 Å². The van der Waals surface area contributed by atoms with Gasteiger partial charge in [-0.05, 0) is 37.1 Å². The summed E-state index contributed by atoms with van der Waals surface area (Å²) in [4.78, 5) is 12.6. The molecule has 3 rings (SSSR count). The minimum absolute atomic E-state index is 0.167. The summed E-state index contributed by atoms with van der Waals surface area (Å²) in [6.07, 6.45) is 4.70. The average molecular weight is 273 g/mol. The number of nitrogens with one attached hydrogen (secondary N) is 1. The molecule has 3 N–H and O–H groups in total. The Balaban J connectivity index is 1.87. The molecule has 5 nitrogen and oxygen atoms in total. The number of nitrogens with zero attached hydrogens (tertiary/aromatic N) is 3. The highest BCUT2D eigenvalue weighted by atomic mass is 19.1. The van der Waals surface area contributed by atoms with Gasteiger partial charge in [0.15, 0.2) is 5.82 Å². The third kappa shape index (κ3) is 2.84.